The number of rotatable bonds is 4. The highest BCUT2D eigenvalue weighted by Crippen LogP contribution is 2.43. The first-order valence-corrected chi connectivity index (χ1v) is 15.8. The molecule has 1 aliphatic rings. The Bertz CT molecular complexity index is 1710. The Morgan fingerprint density at radius 2 is 0.771 bits per heavy atom. The van der Waals surface area contributed by atoms with Crippen molar-refractivity contribution in [1.29, 1.82) is 0 Å². The average molecular weight is 655 g/mol. The van der Waals surface area contributed by atoms with Crippen LogP contribution in [0.5, 0.6) is 23.0 Å². The summed E-state index contributed by atoms with van der Waals surface area (Å²) < 4.78 is 11.9. The van der Waals surface area contributed by atoms with Crippen molar-refractivity contribution in [1.82, 2.24) is 0 Å². The predicted octanol–water partition coefficient (Wildman–Crippen LogP) is 8.20. The summed E-state index contributed by atoms with van der Waals surface area (Å²) in [7, 11) is 3.03. The number of methoxy groups -OCH3 is 2. The number of phenols is 2. The molecule has 0 saturated heterocycles. The number of hydrogen-bond donors (Lipinski definition) is 2. The van der Waals surface area contributed by atoms with Crippen molar-refractivity contribution in [2.24, 2.45) is 0 Å². The van der Waals surface area contributed by atoms with Gasteiger partial charge >= 0.3 is 0 Å². The van der Waals surface area contributed by atoms with Crippen LogP contribution in [0.15, 0.2) is 48.5 Å². The number of nitrogens with zero attached hydrogens (tertiary/aromatic N) is 2. The predicted molar refractivity (Wildman–Crippen MR) is 184 cm³/mol. The van der Waals surface area contributed by atoms with Gasteiger partial charge in [0.25, 0.3) is 11.4 Å². The van der Waals surface area contributed by atoms with Crippen molar-refractivity contribution in [2.75, 3.05) is 14.2 Å². The first-order valence-electron chi connectivity index (χ1n) is 15.8. The van der Waals surface area contributed by atoms with Gasteiger partial charge in [-0.2, -0.15) is 0 Å². The molecule has 0 unspecified atom stereocenters. The Labute approximate surface area is 280 Å². The molecule has 10 nitrogen and oxygen atoms in total. The van der Waals surface area contributed by atoms with Crippen molar-refractivity contribution in [3.63, 3.8) is 0 Å². The number of hydrogen-bond acceptors (Lipinski definition) is 8. The van der Waals surface area contributed by atoms with Crippen LogP contribution in [0.2, 0.25) is 0 Å². The van der Waals surface area contributed by atoms with E-state index in [0.717, 1.165) is 11.1 Å². The molecular weight excluding hydrogens is 612 g/mol. The van der Waals surface area contributed by atoms with Crippen LogP contribution in [0.25, 0.3) is 0 Å². The van der Waals surface area contributed by atoms with E-state index in [2.05, 4.69) is 0 Å². The highest BCUT2D eigenvalue weighted by molar-refractivity contribution is 5.60. The molecule has 8 bridgehead atoms. The summed E-state index contributed by atoms with van der Waals surface area (Å²) in [5.41, 5.74) is 5.02. The molecule has 10 heteroatoms. The fraction of sp³-hybridized carbons (Fsp3) is 0.368. The normalized spacial score (nSPS) is 13.2. The fourth-order valence-electron chi connectivity index (χ4n) is 6.48. The van der Waals surface area contributed by atoms with Crippen molar-refractivity contribution in [3.8, 4) is 23.0 Å². The van der Waals surface area contributed by atoms with Gasteiger partial charge in [-0.05, 0) is 44.2 Å². The largest absolute Gasteiger partial charge is 0.507 e. The zero-order valence-electron chi connectivity index (χ0n) is 28.7. The molecule has 5 rings (SSSR count). The standard InChI is InChI=1S/C38H42N2O8/c1-37(2,3)29-13-25-9-21-17-31(39(43)44)19-23(33(21)41)11-27-15-30(38(4,5)6)16-28(36(27)48-8)12-24-20-32(40(45)46)18-22(34(24)42)10-26(14-29)35(25)47-7/h13-20,41-42H,9-12H2,1-8H3. The topological polar surface area (TPSA) is 145 Å². The molecule has 0 saturated carbocycles. The molecule has 4 aromatic carbocycles. The van der Waals surface area contributed by atoms with Gasteiger partial charge in [-0.25, -0.2) is 0 Å². The molecule has 48 heavy (non-hydrogen) atoms. The molecule has 1 aliphatic carbocycles. The maximum Gasteiger partial charge on any atom is 0.270 e. The summed E-state index contributed by atoms with van der Waals surface area (Å²) >= 11 is 0. The lowest BCUT2D eigenvalue weighted by atomic mass is 9.81. The highest BCUT2D eigenvalue weighted by Gasteiger charge is 2.27. The van der Waals surface area contributed by atoms with Gasteiger partial charge in [0.1, 0.15) is 23.0 Å². The first-order chi connectivity index (χ1) is 22.4. The second-order valence-electron chi connectivity index (χ2n) is 14.6. The van der Waals surface area contributed by atoms with Gasteiger partial charge < -0.3 is 19.7 Å². The summed E-state index contributed by atoms with van der Waals surface area (Å²) in [5, 5.41) is 47.8. The number of phenolic OH excluding ortho intramolecular Hbond substituents is 2. The molecule has 2 N–H and O–H groups in total. The number of ether oxygens (including phenoxy) is 2. The van der Waals surface area contributed by atoms with E-state index in [1.165, 1.54) is 38.5 Å². The smallest absolute Gasteiger partial charge is 0.270 e. The lowest BCUT2D eigenvalue weighted by molar-refractivity contribution is -0.385. The first kappa shape index (κ1) is 34.2. The Kier molecular flexibility index (Phi) is 8.90. The number of nitro groups is 2. The van der Waals surface area contributed by atoms with Crippen molar-refractivity contribution in [2.45, 2.75) is 78.1 Å². The molecule has 0 heterocycles. The van der Waals surface area contributed by atoms with Gasteiger partial charge in [0.05, 0.1) is 24.1 Å². The second kappa shape index (κ2) is 12.5. The summed E-state index contributed by atoms with van der Waals surface area (Å²) in [4.78, 5) is 23.5. The Morgan fingerprint density at radius 3 is 0.958 bits per heavy atom. The molecule has 0 aliphatic heterocycles. The Morgan fingerprint density at radius 1 is 0.521 bits per heavy atom. The van der Waals surface area contributed by atoms with E-state index in [0.29, 0.717) is 56.0 Å². The van der Waals surface area contributed by atoms with Gasteiger partial charge in [-0.15, -0.1) is 0 Å². The molecule has 4 aromatic rings. The SMILES string of the molecule is COc1c2cc(C(C)(C)C)cc1Cc1cc([N+](=O)[O-])cc(c1O)Cc1cc(C(C)(C)C)cc(c1OC)Cc1cc([N+](=O)[O-])cc(c1O)C2. The quantitative estimate of drug-likeness (QED) is 0.146. The number of nitro benzene ring substituents is 2. The van der Waals surface area contributed by atoms with Gasteiger partial charge in [0.2, 0.25) is 0 Å². The van der Waals surface area contributed by atoms with E-state index < -0.39 is 9.85 Å². The van der Waals surface area contributed by atoms with Crippen LogP contribution in [-0.2, 0) is 36.5 Å². The lowest BCUT2D eigenvalue weighted by Crippen LogP contribution is -2.14. The summed E-state index contributed by atoms with van der Waals surface area (Å²) in [5.74, 6) is 0.829. The van der Waals surface area contributed by atoms with Gasteiger partial charge in [0.15, 0.2) is 0 Å². The fourth-order valence-corrected chi connectivity index (χ4v) is 6.48. The monoisotopic (exact) mass is 654 g/mol. The van der Waals surface area contributed by atoms with Gasteiger partial charge in [-0.3, -0.25) is 20.2 Å². The average Bonchev–Trinajstić information content (AvgIpc) is 2.99. The molecule has 0 amide bonds. The van der Waals surface area contributed by atoms with Crippen molar-refractivity contribution < 1.29 is 29.5 Å². The maximum atomic E-state index is 12.2. The number of benzene rings is 4. The van der Waals surface area contributed by atoms with Crippen LogP contribution in [0, 0.1) is 20.2 Å². The third-order valence-electron chi connectivity index (χ3n) is 9.08. The third kappa shape index (κ3) is 6.65. The Balaban J connectivity index is 1.91. The molecule has 252 valence electrons. The van der Waals surface area contributed by atoms with Crippen LogP contribution in [0.3, 0.4) is 0 Å². The third-order valence-corrected chi connectivity index (χ3v) is 9.08. The molecule has 0 fully saturated rings. The zero-order chi connectivity index (χ0) is 35.3. The zero-order valence-corrected chi connectivity index (χ0v) is 28.7. The van der Waals surface area contributed by atoms with E-state index in [1.807, 2.05) is 65.8 Å². The molecular formula is C38H42N2O8. The van der Waals surface area contributed by atoms with E-state index in [-0.39, 0.29) is 59.4 Å². The van der Waals surface area contributed by atoms with Crippen LogP contribution in [0.4, 0.5) is 11.4 Å². The van der Waals surface area contributed by atoms with Crippen LogP contribution in [0.1, 0.15) is 97.2 Å². The van der Waals surface area contributed by atoms with Crippen molar-refractivity contribution in [3.05, 3.63) is 124 Å². The Hall–Kier alpha value is -5.12. The minimum atomic E-state index is -0.463. The number of fused-ring (bicyclic) bond motifs is 8. The minimum absolute atomic E-state index is 0.0549. The van der Waals surface area contributed by atoms with Crippen LogP contribution in [-0.4, -0.2) is 34.3 Å². The van der Waals surface area contributed by atoms with E-state index in [4.69, 9.17) is 9.47 Å². The highest BCUT2D eigenvalue weighted by atomic mass is 16.6. The minimum Gasteiger partial charge on any atom is -0.507 e. The van der Waals surface area contributed by atoms with Gasteiger partial charge in [-0.1, -0.05) is 65.8 Å². The summed E-state index contributed by atoms with van der Waals surface area (Å²) in [6, 6.07) is 13.4. The van der Waals surface area contributed by atoms with E-state index in [1.54, 1.807) is 0 Å². The molecule has 0 spiro atoms. The van der Waals surface area contributed by atoms with Crippen LogP contribution < -0.4 is 9.47 Å². The van der Waals surface area contributed by atoms with E-state index >= 15 is 0 Å². The van der Waals surface area contributed by atoms with E-state index in [9.17, 15) is 30.4 Å². The molecule has 0 atom stereocenters. The maximum absolute atomic E-state index is 12.2. The second-order valence-corrected chi connectivity index (χ2v) is 14.6. The van der Waals surface area contributed by atoms with Crippen LogP contribution >= 0.6 is 0 Å². The number of aromatic hydroxyl groups is 2. The molecule has 0 aromatic heterocycles. The lowest BCUT2D eigenvalue weighted by Gasteiger charge is -2.25. The summed E-state index contributed by atoms with van der Waals surface area (Å²) in [6.45, 7) is 12.3. The van der Waals surface area contributed by atoms with Gasteiger partial charge in [0, 0.05) is 72.2 Å². The number of non-ortho nitro benzene ring substituents is 2. The molecule has 0 radical (unpaired) electrons. The summed E-state index contributed by atoms with van der Waals surface area (Å²) in [6.07, 6.45) is 0.433. The van der Waals surface area contributed by atoms with Crippen molar-refractivity contribution >= 4 is 11.4 Å².